The van der Waals surface area contributed by atoms with E-state index in [0.29, 0.717) is 6.54 Å². The van der Waals surface area contributed by atoms with Crippen molar-refractivity contribution in [1.82, 2.24) is 10.6 Å². The third-order valence-corrected chi connectivity index (χ3v) is 3.54. The van der Waals surface area contributed by atoms with Crippen molar-refractivity contribution < 1.29 is 13.6 Å². The van der Waals surface area contributed by atoms with Gasteiger partial charge in [0, 0.05) is 25.3 Å². The van der Waals surface area contributed by atoms with E-state index in [0.717, 1.165) is 24.3 Å². The SMILES string of the molecule is O=C(NCc1ccccc1N1CCCCC1)NCC(F)F. The number of carbonyl (C=O) groups is 1. The van der Waals surface area contributed by atoms with Crippen LogP contribution in [0.2, 0.25) is 0 Å². The minimum Gasteiger partial charge on any atom is -0.371 e. The summed E-state index contributed by atoms with van der Waals surface area (Å²) in [6.07, 6.45) is 1.08. The number of anilines is 1. The fraction of sp³-hybridized carbons (Fsp3) is 0.533. The molecule has 0 bridgehead atoms. The summed E-state index contributed by atoms with van der Waals surface area (Å²) in [6, 6.07) is 7.33. The van der Waals surface area contributed by atoms with Crippen molar-refractivity contribution in [3.05, 3.63) is 29.8 Å². The molecule has 1 aromatic carbocycles. The molecule has 6 heteroatoms. The molecule has 116 valence electrons. The zero-order valence-electron chi connectivity index (χ0n) is 11.9. The first-order valence-electron chi connectivity index (χ1n) is 7.29. The second-order valence-electron chi connectivity index (χ2n) is 5.13. The van der Waals surface area contributed by atoms with E-state index in [-0.39, 0.29) is 0 Å². The Labute approximate surface area is 123 Å². The van der Waals surface area contributed by atoms with Gasteiger partial charge in [0.25, 0.3) is 6.43 Å². The van der Waals surface area contributed by atoms with Crippen LogP contribution in [0.3, 0.4) is 0 Å². The summed E-state index contributed by atoms with van der Waals surface area (Å²) in [6.45, 7) is 1.75. The van der Waals surface area contributed by atoms with E-state index in [1.165, 1.54) is 19.3 Å². The first-order valence-corrected chi connectivity index (χ1v) is 7.29. The van der Waals surface area contributed by atoms with Gasteiger partial charge in [0.2, 0.25) is 0 Å². The van der Waals surface area contributed by atoms with Crippen molar-refractivity contribution in [3.63, 3.8) is 0 Å². The van der Waals surface area contributed by atoms with Gasteiger partial charge in [-0.05, 0) is 30.9 Å². The molecule has 0 radical (unpaired) electrons. The van der Waals surface area contributed by atoms with E-state index in [1.807, 2.05) is 24.3 Å². The van der Waals surface area contributed by atoms with Gasteiger partial charge in [-0.2, -0.15) is 0 Å². The highest BCUT2D eigenvalue weighted by Gasteiger charge is 2.14. The van der Waals surface area contributed by atoms with E-state index >= 15 is 0 Å². The quantitative estimate of drug-likeness (QED) is 0.877. The largest absolute Gasteiger partial charge is 0.371 e. The van der Waals surface area contributed by atoms with Crippen molar-refractivity contribution in [2.75, 3.05) is 24.5 Å². The lowest BCUT2D eigenvalue weighted by atomic mass is 10.1. The molecule has 0 saturated carbocycles. The maximum atomic E-state index is 12.0. The summed E-state index contributed by atoms with van der Waals surface area (Å²) >= 11 is 0. The third kappa shape index (κ3) is 4.88. The molecule has 0 aromatic heterocycles. The molecule has 0 spiro atoms. The molecule has 1 aliphatic heterocycles. The van der Waals surface area contributed by atoms with Gasteiger partial charge in [0.05, 0.1) is 6.54 Å². The number of para-hydroxylation sites is 1. The van der Waals surface area contributed by atoms with Crippen LogP contribution in [0.25, 0.3) is 0 Å². The Hall–Kier alpha value is -1.85. The maximum Gasteiger partial charge on any atom is 0.315 e. The number of alkyl halides is 2. The Morgan fingerprint density at radius 2 is 1.86 bits per heavy atom. The van der Waals surface area contributed by atoms with Crippen molar-refractivity contribution >= 4 is 11.7 Å². The summed E-state index contributed by atoms with van der Waals surface area (Å²) in [5, 5.41) is 4.76. The van der Waals surface area contributed by atoms with E-state index < -0.39 is 19.0 Å². The highest BCUT2D eigenvalue weighted by atomic mass is 19.3. The lowest BCUT2D eigenvalue weighted by Gasteiger charge is -2.30. The smallest absolute Gasteiger partial charge is 0.315 e. The Balaban J connectivity index is 1.92. The minimum atomic E-state index is -2.53. The Bertz CT molecular complexity index is 462. The number of amides is 2. The van der Waals surface area contributed by atoms with Crippen LogP contribution >= 0.6 is 0 Å². The fourth-order valence-corrected chi connectivity index (χ4v) is 2.51. The number of piperidine rings is 1. The first-order chi connectivity index (χ1) is 10.2. The van der Waals surface area contributed by atoms with Crippen molar-refractivity contribution in [2.24, 2.45) is 0 Å². The molecule has 2 rings (SSSR count). The van der Waals surface area contributed by atoms with Gasteiger partial charge >= 0.3 is 6.03 Å². The molecule has 0 atom stereocenters. The molecule has 21 heavy (non-hydrogen) atoms. The number of hydrogen-bond donors (Lipinski definition) is 2. The minimum absolute atomic E-state index is 0.335. The number of rotatable bonds is 5. The topological polar surface area (TPSA) is 44.4 Å². The average Bonchev–Trinajstić information content (AvgIpc) is 2.52. The highest BCUT2D eigenvalue weighted by molar-refractivity contribution is 5.74. The van der Waals surface area contributed by atoms with Crippen LogP contribution in [-0.2, 0) is 6.54 Å². The molecular formula is C15H21F2N3O. The molecule has 1 aliphatic rings. The monoisotopic (exact) mass is 297 g/mol. The van der Waals surface area contributed by atoms with Crippen molar-refractivity contribution in [1.29, 1.82) is 0 Å². The predicted molar refractivity (Wildman–Crippen MR) is 78.7 cm³/mol. The lowest BCUT2D eigenvalue weighted by Crippen LogP contribution is -2.38. The van der Waals surface area contributed by atoms with Gasteiger partial charge < -0.3 is 15.5 Å². The second kappa shape index (κ2) is 7.81. The fourth-order valence-electron chi connectivity index (χ4n) is 2.51. The van der Waals surface area contributed by atoms with Crippen LogP contribution < -0.4 is 15.5 Å². The molecule has 2 N–H and O–H groups in total. The Morgan fingerprint density at radius 1 is 1.14 bits per heavy atom. The van der Waals surface area contributed by atoms with Crippen LogP contribution in [0, 0.1) is 0 Å². The second-order valence-corrected chi connectivity index (χ2v) is 5.13. The molecule has 1 heterocycles. The van der Waals surface area contributed by atoms with Crippen LogP contribution in [0.1, 0.15) is 24.8 Å². The van der Waals surface area contributed by atoms with E-state index in [1.54, 1.807) is 0 Å². The van der Waals surface area contributed by atoms with Crippen LogP contribution in [0.15, 0.2) is 24.3 Å². The third-order valence-electron chi connectivity index (χ3n) is 3.54. The summed E-state index contributed by atoms with van der Waals surface area (Å²) < 4.78 is 24.0. The highest BCUT2D eigenvalue weighted by Crippen LogP contribution is 2.23. The van der Waals surface area contributed by atoms with Crippen molar-refractivity contribution in [2.45, 2.75) is 32.2 Å². The molecule has 0 aliphatic carbocycles. The number of nitrogens with one attached hydrogen (secondary N) is 2. The summed E-state index contributed by atoms with van der Waals surface area (Å²) in [7, 11) is 0. The van der Waals surface area contributed by atoms with E-state index in [4.69, 9.17) is 0 Å². The molecule has 1 fully saturated rings. The van der Waals surface area contributed by atoms with Gasteiger partial charge in [-0.15, -0.1) is 0 Å². The van der Waals surface area contributed by atoms with Crippen molar-refractivity contribution in [3.8, 4) is 0 Å². The van der Waals surface area contributed by atoms with Crippen LogP contribution in [-0.4, -0.2) is 32.1 Å². The van der Waals surface area contributed by atoms with Gasteiger partial charge in [0.15, 0.2) is 0 Å². The normalized spacial score (nSPS) is 15.1. The zero-order valence-corrected chi connectivity index (χ0v) is 11.9. The van der Waals surface area contributed by atoms with Gasteiger partial charge in [-0.1, -0.05) is 18.2 Å². The lowest BCUT2D eigenvalue weighted by molar-refractivity contribution is 0.146. The number of benzene rings is 1. The molecule has 0 unspecified atom stereocenters. The Kier molecular flexibility index (Phi) is 5.78. The molecule has 4 nitrogen and oxygen atoms in total. The number of nitrogens with zero attached hydrogens (tertiary/aromatic N) is 1. The van der Waals surface area contributed by atoms with E-state index in [2.05, 4.69) is 15.5 Å². The summed E-state index contributed by atoms with van der Waals surface area (Å²) in [5.74, 6) is 0. The maximum absolute atomic E-state index is 12.0. The van der Waals surface area contributed by atoms with E-state index in [9.17, 15) is 13.6 Å². The van der Waals surface area contributed by atoms with Gasteiger partial charge in [0.1, 0.15) is 0 Å². The van der Waals surface area contributed by atoms with Gasteiger partial charge in [-0.3, -0.25) is 0 Å². The molecule has 1 aromatic rings. The number of hydrogen-bond acceptors (Lipinski definition) is 2. The molecule has 1 saturated heterocycles. The van der Waals surface area contributed by atoms with Crippen LogP contribution in [0.4, 0.5) is 19.3 Å². The zero-order chi connectivity index (χ0) is 15.1. The molecular weight excluding hydrogens is 276 g/mol. The first kappa shape index (κ1) is 15.5. The number of urea groups is 1. The summed E-state index contributed by atoms with van der Waals surface area (Å²) in [5.41, 5.74) is 2.12. The Morgan fingerprint density at radius 3 is 2.57 bits per heavy atom. The number of carbonyl (C=O) groups excluding carboxylic acids is 1. The van der Waals surface area contributed by atoms with Gasteiger partial charge in [-0.25, -0.2) is 13.6 Å². The van der Waals surface area contributed by atoms with Crippen LogP contribution in [0.5, 0.6) is 0 Å². The molecule has 2 amide bonds. The number of halogens is 2. The summed E-state index contributed by atoms with van der Waals surface area (Å²) in [4.78, 5) is 13.8. The average molecular weight is 297 g/mol. The standard InChI is InChI=1S/C15H21F2N3O/c16-14(17)11-19-15(21)18-10-12-6-2-3-7-13(12)20-8-4-1-5-9-20/h2-3,6-7,14H,1,4-5,8-11H2,(H2,18,19,21). The predicted octanol–water partition coefficient (Wildman–Crippen LogP) is 2.74.